The lowest BCUT2D eigenvalue weighted by Gasteiger charge is -2.07. The Kier molecular flexibility index (Phi) is 5.01. The second-order valence-electron chi connectivity index (χ2n) is 4.39. The first kappa shape index (κ1) is 14.4. The summed E-state index contributed by atoms with van der Waals surface area (Å²) in [4.78, 5) is 4.03. The average molecular weight is 278 g/mol. The summed E-state index contributed by atoms with van der Waals surface area (Å²) in [5.74, 6) is -0.957. The molecule has 106 valence electrons. The molecule has 0 saturated carbocycles. The Hall–Kier alpha value is -2.01. The van der Waals surface area contributed by atoms with Crippen molar-refractivity contribution in [1.82, 2.24) is 10.3 Å². The minimum Gasteiger partial charge on any atom is -0.439 e. The molecule has 2 aromatic rings. The van der Waals surface area contributed by atoms with Crippen LogP contribution < -0.4 is 10.1 Å². The van der Waals surface area contributed by atoms with Gasteiger partial charge in [-0.25, -0.2) is 13.8 Å². The Morgan fingerprint density at radius 3 is 2.60 bits per heavy atom. The van der Waals surface area contributed by atoms with E-state index in [9.17, 15) is 8.78 Å². The fraction of sp³-hybridized carbons (Fsp3) is 0.267. The highest BCUT2D eigenvalue weighted by atomic mass is 19.1. The van der Waals surface area contributed by atoms with Crippen LogP contribution in [0.3, 0.4) is 0 Å². The molecule has 20 heavy (non-hydrogen) atoms. The standard InChI is InChI=1S/C15H16F2N2O/c1-2-4-18-10-11-3-5-19-15(6-11)20-14-8-12(16)7-13(17)9-14/h3,5-9,18H,2,4,10H2,1H3. The zero-order valence-electron chi connectivity index (χ0n) is 11.2. The van der Waals surface area contributed by atoms with E-state index in [1.807, 2.05) is 6.07 Å². The summed E-state index contributed by atoms with van der Waals surface area (Å²) >= 11 is 0. The Morgan fingerprint density at radius 1 is 1.15 bits per heavy atom. The van der Waals surface area contributed by atoms with Crippen molar-refractivity contribution < 1.29 is 13.5 Å². The van der Waals surface area contributed by atoms with Crippen LogP contribution in [0.15, 0.2) is 36.5 Å². The van der Waals surface area contributed by atoms with Crippen molar-refractivity contribution in [2.75, 3.05) is 6.54 Å². The van der Waals surface area contributed by atoms with Crippen molar-refractivity contribution >= 4 is 0 Å². The quantitative estimate of drug-likeness (QED) is 0.819. The molecule has 1 heterocycles. The van der Waals surface area contributed by atoms with Gasteiger partial charge in [-0.05, 0) is 24.6 Å². The lowest BCUT2D eigenvalue weighted by molar-refractivity contribution is 0.450. The van der Waals surface area contributed by atoms with E-state index in [0.717, 1.165) is 36.7 Å². The first-order valence-electron chi connectivity index (χ1n) is 6.47. The topological polar surface area (TPSA) is 34.2 Å². The lowest BCUT2D eigenvalue weighted by Crippen LogP contribution is -2.13. The zero-order valence-corrected chi connectivity index (χ0v) is 11.2. The Bertz CT molecular complexity index is 555. The molecule has 1 aromatic carbocycles. The molecule has 0 bridgehead atoms. The van der Waals surface area contributed by atoms with Gasteiger partial charge in [-0.1, -0.05) is 6.92 Å². The molecule has 0 atom stereocenters. The van der Waals surface area contributed by atoms with Crippen LogP contribution in [0.25, 0.3) is 0 Å². The number of aromatic nitrogens is 1. The van der Waals surface area contributed by atoms with Crippen LogP contribution in [0.4, 0.5) is 8.78 Å². The Labute approximate surface area is 116 Å². The average Bonchev–Trinajstić information content (AvgIpc) is 2.38. The summed E-state index contributed by atoms with van der Waals surface area (Å²) in [5.41, 5.74) is 1.00. The van der Waals surface area contributed by atoms with Crippen molar-refractivity contribution in [3.05, 3.63) is 53.7 Å². The van der Waals surface area contributed by atoms with Gasteiger partial charge in [-0.2, -0.15) is 0 Å². The maximum Gasteiger partial charge on any atom is 0.219 e. The lowest BCUT2D eigenvalue weighted by atomic mass is 10.2. The van der Waals surface area contributed by atoms with E-state index in [4.69, 9.17) is 4.74 Å². The van der Waals surface area contributed by atoms with E-state index in [1.54, 1.807) is 12.3 Å². The molecule has 0 aliphatic carbocycles. The minimum absolute atomic E-state index is 0.0914. The number of hydrogen-bond acceptors (Lipinski definition) is 3. The third-order valence-electron chi connectivity index (χ3n) is 2.61. The van der Waals surface area contributed by atoms with Crippen LogP contribution in [0.5, 0.6) is 11.6 Å². The first-order valence-corrected chi connectivity index (χ1v) is 6.47. The fourth-order valence-corrected chi connectivity index (χ4v) is 1.73. The molecule has 0 unspecified atom stereocenters. The molecule has 0 spiro atoms. The largest absolute Gasteiger partial charge is 0.439 e. The van der Waals surface area contributed by atoms with Gasteiger partial charge in [0.1, 0.15) is 17.4 Å². The third kappa shape index (κ3) is 4.28. The number of nitrogens with one attached hydrogen (secondary N) is 1. The molecular weight excluding hydrogens is 262 g/mol. The van der Waals surface area contributed by atoms with Crippen molar-refractivity contribution in [2.45, 2.75) is 19.9 Å². The number of benzene rings is 1. The summed E-state index contributed by atoms with van der Waals surface area (Å²) < 4.78 is 31.5. The zero-order chi connectivity index (χ0) is 14.4. The first-order chi connectivity index (χ1) is 9.67. The van der Waals surface area contributed by atoms with Gasteiger partial charge >= 0.3 is 0 Å². The van der Waals surface area contributed by atoms with Crippen LogP contribution in [0.2, 0.25) is 0 Å². The molecule has 0 radical (unpaired) electrons. The molecule has 5 heteroatoms. The van der Waals surface area contributed by atoms with E-state index >= 15 is 0 Å². The second-order valence-corrected chi connectivity index (χ2v) is 4.39. The van der Waals surface area contributed by atoms with Crippen LogP contribution in [0, 0.1) is 11.6 Å². The maximum absolute atomic E-state index is 13.1. The van der Waals surface area contributed by atoms with Gasteiger partial charge in [0.25, 0.3) is 0 Å². The van der Waals surface area contributed by atoms with Crippen molar-refractivity contribution in [3.8, 4) is 11.6 Å². The van der Waals surface area contributed by atoms with Gasteiger partial charge < -0.3 is 10.1 Å². The van der Waals surface area contributed by atoms with Gasteiger partial charge in [-0.15, -0.1) is 0 Å². The Balaban J connectivity index is 2.07. The van der Waals surface area contributed by atoms with Gasteiger partial charge in [0.05, 0.1) is 0 Å². The highest BCUT2D eigenvalue weighted by molar-refractivity contribution is 5.29. The highest BCUT2D eigenvalue weighted by Gasteiger charge is 2.04. The van der Waals surface area contributed by atoms with Crippen molar-refractivity contribution in [2.24, 2.45) is 0 Å². The van der Waals surface area contributed by atoms with Gasteiger partial charge in [0.15, 0.2) is 0 Å². The minimum atomic E-state index is -0.680. The molecule has 2 rings (SSSR count). The summed E-state index contributed by atoms with van der Waals surface area (Å²) in [5, 5.41) is 3.26. The van der Waals surface area contributed by atoms with Crippen LogP contribution in [0.1, 0.15) is 18.9 Å². The van der Waals surface area contributed by atoms with Crippen molar-refractivity contribution in [1.29, 1.82) is 0 Å². The smallest absolute Gasteiger partial charge is 0.219 e. The molecule has 0 fully saturated rings. The van der Waals surface area contributed by atoms with E-state index in [2.05, 4.69) is 17.2 Å². The predicted molar refractivity (Wildman–Crippen MR) is 72.7 cm³/mol. The SMILES string of the molecule is CCCNCc1ccnc(Oc2cc(F)cc(F)c2)c1. The van der Waals surface area contributed by atoms with Gasteiger partial charge in [0.2, 0.25) is 5.88 Å². The molecule has 0 aliphatic rings. The molecule has 0 amide bonds. The summed E-state index contributed by atoms with van der Waals surface area (Å²) in [6.45, 7) is 3.71. The van der Waals surface area contributed by atoms with Gasteiger partial charge in [0, 0.05) is 37.0 Å². The van der Waals surface area contributed by atoms with E-state index in [1.165, 1.54) is 0 Å². The van der Waals surface area contributed by atoms with E-state index in [-0.39, 0.29) is 5.75 Å². The summed E-state index contributed by atoms with van der Waals surface area (Å²) in [6, 6.07) is 6.64. The number of nitrogens with zero attached hydrogens (tertiary/aromatic N) is 1. The number of ether oxygens (including phenoxy) is 1. The fourth-order valence-electron chi connectivity index (χ4n) is 1.73. The number of pyridine rings is 1. The number of hydrogen-bond donors (Lipinski definition) is 1. The molecular formula is C15H16F2N2O. The van der Waals surface area contributed by atoms with Crippen LogP contribution in [-0.4, -0.2) is 11.5 Å². The molecule has 1 aromatic heterocycles. The van der Waals surface area contributed by atoms with E-state index < -0.39 is 11.6 Å². The molecule has 0 aliphatic heterocycles. The Morgan fingerprint density at radius 2 is 1.90 bits per heavy atom. The normalized spacial score (nSPS) is 10.6. The monoisotopic (exact) mass is 278 g/mol. The highest BCUT2D eigenvalue weighted by Crippen LogP contribution is 2.22. The summed E-state index contributed by atoms with van der Waals surface area (Å²) in [6.07, 6.45) is 2.66. The van der Waals surface area contributed by atoms with Gasteiger partial charge in [-0.3, -0.25) is 0 Å². The second kappa shape index (κ2) is 6.96. The molecule has 3 nitrogen and oxygen atoms in total. The van der Waals surface area contributed by atoms with Crippen LogP contribution in [-0.2, 0) is 6.54 Å². The molecule has 1 N–H and O–H groups in total. The summed E-state index contributed by atoms with van der Waals surface area (Å²) in [7, 11) is 0. The van der Waals surface area contributed by atoms with Crippen molar-refractivity contribution in [3.63, 3.8) is 0 Å². The van der Waals surface area contributed by atoms with Crippen LogP contribution >= 0.6 is 0 Å². The van der Waals surface area contributed by atoms with E-state index in [0.29, 0.717) is 12.4 Å². The molecule has 0 saturated heterocycles. The predicted octanol–water partition coefficient (Wildman–Crippen LogP) is 3.65. The number of halogens is 2. The number of rotatable bonds is 6. The third-order valence-corrected chi connectivity index (χ3v) is 2.61. The maximum atomic E-state index is 13.1.